The summed E-state index contributed by atoms with van der Waals surface area (Å²) >= 11 is 12.1. The predicted octanol–water partition coefficient (Wildman–Crippen LogP) is 3.20. The number of aldehydes is 1. The number of nitrogens with zero attached hydrogens (tertiary/aromatic N) is 1. The van der Waals surface area contributed by atoms with Crippen LogP contribution in [0.1, 0.15) is 25.8 Å². The second kappa shape index (κ2) is 9.06. The van der Waals surface area contributed by atoms with Crippen molar-refractivity contribution in [3.8, 4) is 0 Å². The van der Waals surface area contributed by atoms with E-state index in [-0.39, 0.29) is 31.3 Å². The number of hydrogen-bond acceptors (Lipinski definition) is 3. The lowest BCUT2D eigenvalue weighted by molar-refractivity contribution is -0.134. The highest BCUT2D eigenvalue weighted by molar-refractivity contribution is 6.42. The summed E-state index contributed by atoms with van der Waals surface area (Å²) in [7, 11) is 1.63. The minimum Gasteiger partial charge on any atom is -0.465 e. The molecule has 0 aliphatic carbocycles. The normalized spacial score (nSPS) is 13.2. The summed E-state index contributed by atoms with van der Waals surface area (Å²) in [6, 6.07) is 4.88. The van der Waals surface area contributed by atoms with Gasteiger partial charge in [-0.15, -0.1) is 0 Å². The van der Waals surface area contributed by atoms with Crippen LogP contribution in [0.25, 0.3) is 0 Å². The Morgan fingerprint density at radius 2 is 1.96 bits per heavy atom. The summed E-state index contributed by atoms with van der Waals surface area (Å²) in [6.07, 6.45) is -0.492. The molecule has 0 radical (unpaired) electrons. The van der Waals surface area contributed by atoms with Crippen molar-refractivity contribution >= 4 is 41.5 Å². The molecular formula is C17H22Cl2N2O4. The largest absolute Gasteiger partial charge is 0.465 e. The van der Waals surface area contributed by atoms with E-state index in [1.165, 1.54) is 4.90 Å². The minimum atomic E-state index is -1.21. The van der Waals surface area contributed by atoms with Gasteiger partial charge < -0.3 is 20.1 Å². The molecule has 0 aliphatic heterocycles. The molecule has 0 fully saturated rings. The maximum Gasteiger partial charge on any atom is 0.404 e. The molecule has 0 saturated heterocycles. The summed E-state index contributed by atoms with van der Waals surface area (Å²) in [4.78, 5) is 36.1. The van der Waals surface area contributed by atoms with Crippen LogP contribution in [0, 0.1) is 5.92 Å². The van der Waals surface area contributed by atoms with Gasteiger partial charge in [0.25, 0.3) is 0 Å². The molecule has 1 unspecified atom stereocenters. The molecule has 2 N–H and O–H groups in total. The first-order valence-electron chi connectivity index (χ1n) is 7.74. The molecule has 8 heteroatoms. The molecule has 138 valence electrons. The molecule has 0 bridgehead atoms. The molecule has 0 heterocycles. The average molecular weight is 389 g/mol. The Hall–Kier alpha value is -1.79. The second-order valence-corrected chi connectivity index (χ2v) is 7.10. The fraction of sp³-hybridized carbons (Fsp3) is 0.471. The first kappa shape index (κ1) is 21.3. The smallest absolute Gasteiger partial charge is 0.404 e. The molecule has 0 spiro atoms. The third-order valence-corrected chi connectivity index (χ3v) is 4.73. The lowest BCUT2D eigenvalue weighted by Gasteiger charge is -2.37. The van der Waals surface area contributed by atoms with E-state index in [1.54, 1.807) is 39.1 Å². The van der Waals surface area contributed by atoms with Crippen molar-refractivity contribution in [1.82, 2.24) is 10.2 Å². The minimum absolute atomic E-state index is 0.0148. The highest BCUT2D eigenvalue weighted by Crippen LogP contribution is 2.33. The van der Waals surface area contributed by atoms with Gasteiger partial charge in [-0.2, -0.15) is 0 Å². The van der Waals surface area contributed by atoms with Crippen LogP contribution in [0.2, 0.25) is 10.0 Å². The molecule has 6 nitrogen and oxygen atoms in total. The van der Waals surface area contributed by atoms with Gasteiger partial charge >= 0.3 is 6.09 Å². The molecule has 2 amide bonds. The second-order valence-electron chi connectivity index (χ2n) is 6.29. The van der Waals surface area contributed by atoms with Crippen molar-refractivity contribution in [3.05, 3.63) is 33.8 Å². The van der Waals surface area contributed by atoms with Crippen molar-refractivity contribution in [3.63, 3.8) is 0 Å². The lowest BCUT2D eigenvalue weighted by Crippen LogP contribution is -2.50. The van der Waals surface area contributed by atoms with Crippen LogP contribution in [0.15, 0.2) is 18.2 Å². The molecule has 1 aromatic carbocycles. The molecule has 0 saturated carbocycles. The van der Waals surface area contributed by atoms with E-state index < -0.39 is 11.5 Å². The Bertz CT molecular complexity index is 652. The SMILES string of the molecule is CC(C)C(=O)N(C)CC(CC=O)(CNC(=O)O)c1ccc(Cl)c(Cl)c1. The third-order valence-electron chi connectivity index (χ3n) is 3.99. The van der Waals surface area contributed by atoms with Gasteiger partial charge in [0, 0.05) is 37.9 Å². The Morgan fingerprint density at radius 1 is 1.32 bits per heavy atom. The van der Waals surface area contributed by atoms with Crippen molar-refractivity contribution in [2.45, 2.75) is 25.7 Å². The number of rotatable bonds is 8. The third kappa shape index (κ3) is 5.61. The summed E-state index contributed by atoms with van der Waals surface area (Å²) in [5, 5.41) is 12.0. The van der Waals surface area contributed by atoms with Crippen LogP contribution < -0.4 is 5.32 Å². The fourth-order valence-electron chi connectivity index (χ4n) is 2.71. The maximum atomic E-state index is 12.3. The Morgan fingerprint density at radius 3 is 2.44 bits per heavy atom. The van der Waals surface area contributed by atoms with Gasteiger partial charge in [-0.25, -0.2) is 4.79 Å². The quantitative estimate of drug-likeness (QED) is 0.669. The summed E-state index contributed by atoms with van der Waals surface area (Å²) in [5.41, 5.74) is -0.320. The van der Waals surface area contributed by atoms with E-state index in [2.05, 4.69) is 5.32 Å². The van der Waals surface area contributed by atoms with Gasteiger partial charge in [-0.1, -0.05) is 43.1 Å². The number of halogens is 2. The summed E-state index contributed by atoms with van der Waals surface area (Å²) in [5.74, 6) is -0.328. The van der Waals surface area contributed by atoms with Gasteiger partial charge in [-0.3, -0.25) is 4.79 Å². The maximum absolute atomic E-state index is 12.3. The molecule has 0 aromatic heterocycles. The van der Waals surface area contributed by atoms with Gasteiger partial charge in [0.2, 0.25) is 5.91 Å². The fourth-order valence-corrected chi connectivity index (χ4v) is 3.00. The van der Waals surface area contributed by atoms with E-state index in [0.717, 1.165) is 0 Å². The summed E-state index contributed by atoms with van der Waals surface area (Å²) < 4.78 is 0. The lowest BCUT2D eigenvalue weighted by atomic mass is 9.77. The zero-order valence-corrected chi connectivity index (χ0v) is 15.9. The molecule has 1 rings (SSSR count). The number of likely N-dealkylation sites (N-methyl/N-ethyl adjacent to an activating group) is 1. The standard InChI is InChI=1S/C17H22Cl2N2O4/c1-11(2)15(23)21(3)10-17(6-7-22,9-20-16(24)25)12-4-5-13(18)14(19)8-12/h4-5,7-8,11,20H,6,9-10H2,1-3H3,(H,24,25). The molecule has 1 atom stereocenters. The molecular weight excluding hydrogens is 367 g/mol. The zero-order chi connectivity index (χ0) is 19.2. The number of benzene rings is 1. The van der Waals surface area contributed by atoms with E-state index >= 15 is 0 Å². The van der Waals surface area contributed by atoms with Gasteiger partial charge in [0.15, 0.2) is 0 Å². The number of carboxylic acid groups (broad SMARTS) is 1. The number of hydrogen-bond donors (Lipinski definition) is 2. The highest BCUT2D eigenvalue weighted by Gasteiger charge is 2.36. The zero-order valence-electron chi connectivity index (χ0n) is 14.4. The Balaban J connectivity index is 3.34. The topological polar surface area (TPSA) is 86.7 Å². The molecule has 1 aromatic rings. The van der Waals surface area contributed by atoms with Crippen LogP contribution >= 0.6 is 23.2 Å². The van der Waals surface area contributed by atoms with Crippen molar-refractivity contribution in [1.29, 1.82) is 0 Å². The number of carbonyl (C=O) groups is 3. The predicted molar refractivity (Wildman–Crippen MR) is 97.3 cm³/mol. The van der Waals surface area contributed by atoms with Gasteiger partial charge in [0.1, 0.15) is 6.29 Å². The summed E-state index contributed by atoms with van der Waals surface area (Å²) in [6.45, 7) is 3.65. The number of nitrogens with one attached hydrogen (secondary N) is 1. The van der Waals surface area contributed by atoms with Gasteiger partial charge in [-0.05, 0) is 17.7 Å². The Labute approximate surface area is 157 Å². The number of amides is 2. The molecule has 0 aliphatic rings. The van der Waals surface area contributed by atoms with Crippen molar-refractivity contribution in [2.24, 2.45) is 5.92 Å². The van der Waals surface area contributed by atoms with Crippen LogP contribution in [-0.4, -0.2) is 48.4 Å². The van der Waals surface area contributed by atoms with E-state index in [9.17, 15) is 14.4 Å². The van der Waals surface area contributed by atoms with E-state index in [1.807, 2.05) is 0 Å². The van der Waals surface area contributed by atoms with Crippen LogP contribution in [0.5, 0.6) is 0 Å². The van der Waals surface area contributed by atoms with Crippen molar-refractivity contribution < 1.29 is 19.5 Å². The van der Waals surface area contributed by atoms with Crippen LogP contribution in [-0.2, 0) is 15.0 Å². The monoisotopic (exact) mass is 388 g/mol. The first-order chi connectivity index (χ1) is 11.6. The van der Waals surface area contributed by atoms with Crippen LogP contribution in [0.3, 0.4) is 0 Å². The number of carbonyl (C=O) groups excluding carboxylic acids is 2. The van der Waals surface area contributed by atoms with E-state index in [0.29, 0.717) is 21.9 Å². The average Bonchev–Trinajstić information content (AvgIpc) is 2.54. The first-order valence-corrected chi connectivity index (χ1v) is 8.49. The van der Waals surface area contributed by atoms with E-state index in [4.69, 9.17) is 28.3 Å². The van der Waals surface area contributed by atoms with Crippen LogP contribution in [0.4, 0.5) is 4.79 Å². The highest BCUT2D eigenvalue weighted by atomic mass is 35.5. The molecule has 25 heavy (non-hydrogen) atoms. The van der Waals surface area contributed by atoms with Gasteiger partial charge in [0.05, 0.1) is 10.0 Å². The Kier molecular flexibility index (Phi) is 7.70. The van der Waals surface area contributed by atoms with Crippen molar-refractivity contribution in [2.75, 3.05) is 20.1 Å².